The summed E-state index contributed by atoms with van der Waals surface area (Å²) in [6.07, 6.45) is 0.694. The van der Waals surface area contributed by atoms with Crippen LogP contribution >= 0.6 is 0 Å². The first-order chi connectivity index (χ1) is 13.2. The third kappa shape index (κ3) is 3.08. The van der Waals surface area contributed by atoms with Gasteiger partial charge in [0.25, 0.3) is 5.91 Å². The molecule has 0 fully saturated rings. The molecule has 1 aliphatic rings. The highest BCUT2D eigenvalue weighted by atomic mass is 16.7. The van der Waals surface area contributed by atoms with E-state index in [9.17, 15) is 4.79 Å². The lowest BCUT2D eigenvalue weighted by atomic mass is 10.1. The number of carbonyl (C=O) groups excluding carboxylic acids is 1. The molecule has 0 aliphatic carbocycles. The van der Waals surface area contributed by atoms with Crippen LogP contribution in [0, 0.1) is 0 Å². The molecule has 4 rings (SSSR count). The second kappa shape index (κ2) is 7.03. The Balaban J connectivity index is 1.70. The minimum atomic E-state index is -0.259. The van der Waals surface area contributed by atoms with E-state index in [0.717, 1.165) is 11.3 Å². The van der Waals surface area contributed by atoms with E-state index in [-0.39, 0.29) is 12.7 Å². The van der Waals surface area contributed by atoms with E-state index in [1.54, 1.807) is 25.3 Å². The third-order valence-corrected chi connectivity index (χ3v) is 4.43. The molecule has 0 atom stereocenters. The highest BCUT2D eigenvalue weighted by Crippen LogP contribution is 2.38. The van der Waals surface area contributed by atoms with Crippen molar-refractivity contribution in [1.82, 2.24) is 10.2 Å². The molecule has 2 aromatic carbocycles. The van der Waals surface area contributed by atoms with Gasteiger partial charge in [-0.3, -0.25) is 9.89 Å². The molecule has 7 nitrogen and oxygen atoms in total. The molecule has 3 aromatic rings. The molecule has 0 radical (unpaired) electrons. The summed E-state index contributed by atoms with van der Waals surface area (Å²) in [5.74, 6) is 1.62. The van der Waals surface area contributed by atoms with Gasteiger partial charge in [0.05, 0.1) is 24.1 Å². The van der Waals surface area contributed by atoms with E-state index in [4.69, 9.17) is 14.2 Å². The van der Waals surface area contributed by atoms with Crippen LogP contribution in [0.2, 0.25) is 0 Å². The highest BCUT2D eigenvalue weighted by molar-refractivity contribution is 6.08. The van der Waals surface area contributed by atoms with Gasteiger partial charge in [-0.2, -0.15) is 5.10 Å². The van der Waals surface area contributed by atoms with Crippen LogP contribution in [-0.4, -0.2) is 30.0 Å². The number of benzene rings is 2. The summed E-state index contributed by atoms with van der Waals surface area (Å²) < 4.78 is 16.1. The van der Waals surface area contributed by atoms with E-state index in [0.29, 0.717) is 40.6 Å². The zero-order chi connectivity index (χ0) is 18.8. The van der Waals surface area contributed by atoms with Crippen molar-refractivity contribution in [1.29, 1.82) is 0 Å². The molecule has 1 amide bonds. The van der Waals surface area contributed by atoms with Gasteiger partial charge in [0, 0.05) is 5.56 Å². The molecule has 1 aliphatic heterocycles. The molecular formula is C20H19N3O4. The fourth-order valence-electron chi connectivity index (χ4n) is 3.03. The third-order valence-electron chi connectivity index (χ3n) is 4.43. The molecule has 1 aromatic heterocycles. The van der Waals surface area contributed by atoms with Crippen LogP contribution in [0.3, 0.4) is 0 Å². The summed E-state index contributed by atoms with van der Waals surface area (Å²) in [6, 6.07) is 12.7. The largest absolute Gasteiger partial charge is 0.496 e. The number of rotatable bonds is 5. The van der Waals surface area contributed by atoms with Crippen molar-refractivity contribution in [2.75, 3.05) is 19.2 Å². The van der Waals surface area contributed by atoms with Gasteiger partial charge in [0.2, 0.25) is 6.79 Å². The number of ether oxygens (including phenoxy) is 3. The Bertz CT molecular complexity index is 997. The summed E-state index contributed by atoms with van der Waals surface area (Å²) in [5, 5.41) is 10.4. The molecule has 0 bridgehead atoms. The van der Waals surface area contributed by atoms with Crippen LogP contribution in [0.1, 0.15) is 23.0 Å². The van der Waals surface area contributed by atoms with Crippen molar-refractivity contribution in [2.24, 2.45) is 0 Å². The first-order valence-electron chi connectivity index (χ1n) is 8.63. The Labute approximate surface area is 156 Å². The number of para-hydroxylation sites is 1. The van der Waals surface area contributed by atoms with Crippen LogP contribution in [0.15, 0.2) is 42.5 Å². The predicted octanol–water partition coefficient (Wildman–Crippen LogP) is 3.63. The van der Waals surface area contributed by atoms with Crippen molar-refractivity contribution < 1.29 is 19.0 Å². The maximum absolute atomic E-state index is 12.9. The Morgan fingerprint density at radius 2 is 2.04 bits per heavy atom. The number of aromatic amines is 1. The van der Waals surface area contributed by atoms with Gasteiger partial charge >= 0.3 is 0 Å². The average molecular weight is 365 g/mol. The topological polar surface area (TPSA) is 85.5 Å². The van der Waals surface area contributed by atoms with Gasteiger partial charge < -0.3 is 19.5 Å². The minimum absolute atomic E-state index is 0.205. The van der Waals surface area contributed by atoms with E-state index >= 15 is 0 Å². The molecular weight excluding hydrogens is 346 g/mol. The number of amides is 1. The standard InChI is InChI=1S/C20H19N3O4/c1-3-14-19(21-20(24)13-6-4-5-7-15(13)25-2)18(23-22-14)12-8-9-16-17(10-12)27-11-26-16/h4-10H,3,11H2,1-2H3,(H,21,24)(H,22,23). The van der Waals surface area contributed by atoms with E-state index in [2.05, 4.69) is 15.5 Å². The van der Waals surface area contributed by atoms with Gasteiger partial charge in [-0.1, -0.05) is 19.1 Å². The first-order valence-corrected chi connectivity index (χ1v) is 8.63. The fraction of sp³-hybridized carbons (Fsp3) is 0.200. The molecule has 27 heavy (non-hydrogen) atoms. The van der Waals surface area contributed by atoms with Crippen molar-refractivity contribution >= 4 is 11.6 Å². The van der Waals surface area contributed by atoms with E-state index < -0.39 is 0 Å². The Morgan fingerprint density at radius 3 is 2.85 bits per heavy atom. The van der Waals surface area contributed by atoms with Gasteiger partial charge in [0.1, 0.15) is 11.4 Å². The molecule has 7 heteroatoms. The number of nitrogens with one attached hydrogen (secondary N) is 2. The number of nitrogens with zero attached hydrogens (tertiary/aromatic N) is 1. The normalized spacial score (nSPS) is 12.1. The molecule has 138 valence electrons. The van der Waals surface area contributed by atoms with Crippen molar-refractivity contribution in [3.63, 3.8) is 0 Å². The number of hydrogen-bond donors (Lipinski definition) is 2. The summed E-state index contributed by atoms with van der Waals surface area (Å²) >= 11 is 0. The number of aromatic nitrogens is 2. The molecule has 0 spiro atoms. The van der Waals surface area contributed by atoms with Crippen molar-refractivity contribution in [3.05, 3.63) is 53.7 Å². The summed E-state index contributed by atoms with van der Waals surface area (Å²) in [6.45, 7) is 2.20. The van der Waals surface area contributed by atoms with Crippen molar-refractivity contribution in [3.8, 4) is 28.5 Å². The van der Waals surface area contributed by atoms with Crippen LogP contribution < -0.4 is 19.5 Å². The number of hydrogen-bond acceptors (Lipinski definition) is 5. The van der Waals surface area contributed by atoms with Crippen LogP contribution in [-0.2, 0) is 6.42 Å². The number of H-pyrrole nitrogens is 1. The number of methoxy groups -OCH3 is 1. The van der Waals surface area contributed by atoms with Crippen LogP contribution in [0.5, 0.6) is 17.2 Å². The smallest absolute Gasteiger partial charge is 0.259 e. The monoisotopic (exact) mass is 365 g/mol. The predicted molar refractivity (Wildman–Crippen MR) is 100 cm³/mol. The summed E-state index contributed by atoms with van der Waals surface area (Å²) in [7, 11) is 1.54. The Hall–Kier alpha value is -3.48. The summed E-state index contributed by atoms with van der Waals surface area (Å²) in [5.41, 5.74) is 3.41. The number of carbonyl (C=O) groups is 1. The second-order valence-electron chi connectivity index (χ2n) is 6.00. The Kier molecular flexibility index (Phi) is 4.42. The molecule has 0 saturated carbocycles. The molecule has 2 N–H and O–H groups in total. The average Bonchev–Trinajstić information content (AvgIpc) is 3.33. The highest BCUT2D eigenvalue weighted by Gasteiger charge is 2.21. The van der Waals surface area contributed by atoms with Crippen LogP contribution in [0.4, 0.5) is 5.69 Å². The van der Waals surface area contributed by atoms with Gasteiger partial charge in [0.15, 0.2) is 11.5 Å². The number of anilines is 1. The molecule has 0 unspecified atom stereocenters. The lowest BCUT2D eigenvalue weighted by Crippen LogP contribution is -2.14. The minimum Gasteiger partial charge on any atom is -0.496 e. The Morgan fingerprint density at radius 1 is 1.22 bits per heavy atom. The van der Waals surface area contributed by atoms with Crippen molar-refractivity contribution in [2.45, 2.75) is 13.3 Å². The summed E-state index contributed by atoms with van der Waals surface area (Å²) in [4.78, 5) is 12.9. The van der Waals surface area contributed by atoms with Gasteiger partial charge in [-0.05, 0) is 36.8 Å². The lowest BCUT2D eigenvalue weighted by molar-refractivity contribution is 0.102. The number of fused-ring (bicyclic) bond motifs is 1. The van der Waals surface area contributed by atoms with E-state index in [1.165, 1.54) is 0 Å². The first kappa shape index (κ1) is 17.0. The zero-order valence-electron chi connectivity index (χ0n) is 15.0. The SMILES string of the molecule is CCc1[nH]nc(-c2ccc3c(c2)OCO3)c1NC(=O)c1ccccc1OC. The second-order valence-corrected chi connectivity index (χ2v) is 6.00. The molecule has 0 saturated heterocycles. The maximum Gasteiger partial charge on any atom is 0.259 e. The van der Waals surface area contributed by atoms with E-state index in [1.807, 2.05) is 31.2 Å². The zero-order valence-corrected chi connectivity index (χ0v) is 15.0. The lowest BCUT2D eigenvalue weighted by Gasteiger charge is -2.11. The fourth-order valence-corrected chi connectivity index (χ4v) is 3.03. The van der Waals surface area contributed by atoms with Crippen LogP contribution in [0.25, 0.3) is 11.3 Å². The quantitative estimate of drug-likeness (QED) is 0.721. The maximum atomic E-state index is 12.9. The van der Waals surface area contributed by atoms with Gasteiger partial charge in [-0.25, -0.2) is 0 Å². The van der Waals surface area contributed by atoms with Gasteiger partial charge in [-0.15, -0.1) is 0 Å². The molecule has 2 heterocycles. The number of aryl methyl sites for hydroxylation is 1.